The van der Waals surface area contributed by atoms with Gasteiger partial charge in [0.15, 0.2) is 0 Å². The Hall–Kier alpha value is -1.24. The molecule has 0 aromatic carbocycles. The maximum atomic E-state index is 11.8. The molecule has 0 aliphatic heterocycles. The molecule has 2 N–H and O–H groups in total. The van der Waals surface area contributed by atoms with Gasteiger partial charge in [-0.3, -0.25) is 0 Å². The van der Waals surface area contributed by atoms with Crippen LogP contribution >= 0.6 is 11.3 Å². The third-order valence-corrected chi connectivity index (χ3v) is 3.17. The first-order valence-electron chi connectivity index (χ1n) is 4.95. The number of thiophene rings is 1. The van der Waals surface area contributed by atoms with Crippen LogP contribution in [0.25, 0.3) is 0 Å². The molecule has 0 aliphatic carbocycles. The van der Waals surface area contributed by atoms with Gasteiger partial charge in [-0.15, -0.1) is 11.3 Å². The highest BCUT2D eigenvalue weighted by Gasteiger charge is 2.27. The van der Waals surface area contributed by atoms with Gasteiger partial charge in [0.1, 0.15) is 6.54 Å². The summed E-state index contributed by atoms with van der Waals surface area (Å²) in [5.74, 6) is 0. The zero-order chi connectivity index (χ0) is 13.1. The number of rotatable bonds is 3. The fraction of sp³-hybridized carbons (Fsp3) is 0.500. The lowest BCUT2D eigenvalue weighted by molar-refractivity contribution is -0.122. The Labute approximate surface area is 101 Å². The number of carbonyl (C=O) groups is 1. The van der Waals surface area contributed by atoms with E-state index in [4.69, 9.17) is 0 Å². The van der Waals surface area contributed by atoms with Gasteiger partial charge >= 0.3 is 12.2 Å². The first-order chi connectivity index (χ1) is 7.78. The Kier molecular flexibility index (Phi) is 4.39. The molecule has 96 valence electrons. The van der Waals surface area contributed by atoms with Gasteiger partial charge in [-0.2, -0.15) is 13.2 Å². The molecule has 0 spiro atoms. The van der Waals surface area contributed by atoms with Gasteiger partial charge in [-0.25, -0.2) is 4.79 Å². The van der Waals surface area contributed by atoms with Crippen molar-refractivity contribution in [1.29, 1.82) is 0 Å². The molecule has 0 saturated carbocycles. The van der Waals surface area contributed by atoms with Gasteiger partial charge < -0.3 is 10.6 Å². The molecule has 0 bridgehead atoms. The van der Waals surface area contributed by atoms with E-state index < -0.39 is 18.8 Å². The standard InChI is InChI=1S/C10H13F3N2OS/c1-6-3-4-8(17-6)7(2)15-9(16)14-5-10(11,12)13/h3-4,7H,5H2,1-2H3,(H2,14,15,16). The molecule has 17 heavy (non-hydrogen) atoms. The summed E-state index contributed by atoms with van der Waals surface area (Å²) in [6.45, 7) is 2.32. The molecule has 0 saturated heterocycles. The number of nitrogens with one attached hydrogen (secondary N) is 2. The van der Waals surface area contributed by atoms with E-state index in [2.05, 4.69) is 5.32 Å². The minimum absolute atomic E-state index is 0.304. The number of carbonyl (C=O) groups excluding carboxylic acids is 1. The van der Waals surface area contributed by atoms with Crippen molar-refractivity contribution in [3.8, 4) is 0 Å². The summed E-state index contributed by atoms with van der Waals surface area (Å²) in [6, 6.07) is 2.61. The summed E-state index contributed by atoms with van der Waals surface area (Å²) in [4.78, 5) is 13.2. The second-order valence-corrected chi connectivity index (χ2v) is 4.93. The van der Waals surface area contributed by atoms with Crippen molar-refractivity contribution in [2.24, 2.45) is 0 Å². The fourth-order valence-electron chi connectivity index (χ4n) is 1.19. The number of urea groups is 1. The Bertz CT molecular complexity index is 389. The minimum atomic E-state index is -4.39. The van der Waals surface area contributed by atoms with E-state index in [1.165, 1.54) is 11.3 Å². The zero-order valence-corrected chi connectivity index (χ0v) is 10.2. The van der Waals surface area contributed by atoms with Gasteiger partial charge in [-0.1, -0.05) is 0 Å². The lowest BCUT2D eigenvalue weighted by atomic mass is 10.3. The van der Waals surface area contributed by atoms with Crippen LogP contribution in [0.3, 0.4) is 0 Å². The van der Waals surface area contributed by atoms with Crippen molar-refractivity contribution in [2.45, 2.75) is 26.1 Å². The Balaban J connectivity index is 2.41. The molecular formula is C10H13F3N2OS. The fourth-order valence-corrected chi connectivity index (χ4v) is 2.07. The van der Waals surface area contributed by atoms with E-state index >= 15 is 0 Å². The molecule has 3 nitrogen and oxygen atoms in total. The van der Waals surface area contributed by atoms with Gasteiger partial charge in [0.05, 0.1) is 6.04 Å². The van der Waals surface area contributed by atoms with Crippen molar-refractivity contribution >= 4 is 17.4 Å². The molecule has 1 aromatic rings. The quantitative estimate of drug-likeness (QED) is 0.867. The topological polar surface area (TPSA) is 41.1 Å². The summed E-state index contributed by atoms with van der Waals surface area (Å²) in [5, 5.41) is 4.20. The van der Waals surface area contributed by atoms with Crippen molar-refractivity contribution in [3.63, 3.8) is 0 Å². The Morgan fingerprint density at radius 1 is 1.47 bits per heavy atom. The molecule has 1 unspecified atom stereocenters. The van der Waals surface area contributed by atoms with Crippen molar-refractivity contribution in [1.82, 2.24) is 10.6 Å². The maximum absolute atomic E-state index is 11.8. The predicted molar refractivity (Wildman–Crippen MR) is 60.1 cm³/mol. The third kappa shape index (κ3) is 5.08. The number of hydrogen-bond donors (Lipinski definition) is 2. The highest BCUT2D eigenvalue weighted by molar-refractivity contribution is 7.12. The van der Waals surface area contributed by atoms with E-state index in [1.807, 2.05) is 19.1 Å². The van der Waals surface area contributed by atoms with Crippen LogP contribution in [0.1, 0.15) is 22.7 Å². The van der Waals surface area contributed by atoms with Crippen LogP contribution in [-0.4, -0.2) is 18.8 Å². The first kappa shape index (κ1) is 13.8. The lowest BCUT2D eigenvalue weighted by Gasteiger charge is -2.14. The monoisotopic (exact) mass is 266 g/mol. The number of halogens is 3. The van der Waals surface area contributed by atoms with Gasteiger partial charge in [0, 0.05) is 9.75 Å². The highest BCUT2D eigenvalue weighted by atomic mass is 32.1. The van der Waals surface area contributed by atoms with Crippen LogP contribution in [0.2, 0.25) is 0 Å². The zero-order valence-electron chi connectivity index (χ0n) is 9.39. The average Bonchev–Trinajstić information content (AvgIpc) is 2.61. The summed E-state index contributed by atoms with van der Waals surface area (Å²) < 4.78 is 35.5. The van der Waals surface area contributed by atoms with Crippen LogP contribution in [0, 0.1) is 6.92 Å². The molecule has 1 heterocycles. The van der Waals surface area contributed by atoms with E-state index in [0.717, 1.165) is 9.75 Å². The van der Waals surface area contributed by atoms with Crippen molar-refractivity contribution in [2.75, 3.05) is 6.54 Å². The van der Waals surface area contributed by atoms with Crippen LogP contribution < -0.4 is 10.6 Å². The largest absolute Gasteiger partial charge is 0.405 e. The molecule has 0 fully saturated rings. The smallest absolute Gasteiger partial charge is 0.331 e. The molecule has 1 aromatic heterocycles. The molecular weight excluding hydrogens is 253 g/mol. The summed E-state index contributed by atoms with van der Waals surface area (Å²) in [7, 11) is 0. The summed E-state index contributed by atoms with van der Waals surface area (Å²) in [6.07, 6.45) is -4.39. The molecule has 0 aliphatic rings. The molecule has 7 heteroatoms. The number of amides is 2. The number of aryl methyl sites for hydroxylation is 1. The van der Waals surface area contributed by atoms with E-state index in [-0.39, 0.29) is 6.04 Å². The van der Waals surface area contributed by atoms with Crippen molar-refractivity contribution < 1.29 is 18.0 Å². The van der Waals surface area contributed by atoms with Crippen LogP contribution in [0.4, 0.5) is 18.0 Å². The van der Waals surface area contributed by atoms with Crippen LogP contribution in [-0.2, 0) is 0 Å². The summed E-state index contributed by atoms with van der Waals surface area (Å²) in [5.41, 5.74) is 0. The van der Waals surface area contributed by atoms with Gasteiger partial charge in [-0.05, 0) is 26.0 Å². The molecule has 2 amide bonds. The SMILES string of the molecule is Cc1ccc(C(C)NC(=O)NCC(F)(F)F)s1. The average molecular weight is 266 g/mol. The Morgan fingerprint density at radius 2 is 2.12 bits per heavy atom. The predicted octanol–water partition coefficient (Wildman–Crippen LogP) is 2.98. The minimum Gasteiger partial charge on any atom is -0.331 e. The summed E-state index contributed by atoms with van der Waals surface area (Å²) >= 11 is 1.50. The highest BCUT2D eigenvalue weighted by Crippen LogP contribution is 2.22. The van der Waals surface area contributed by atoms with Crippen LogP contribution in [0.15, 0.2) is 12.1 Å². The van der Waals surface area contributed by atoms with Crippen molar-refractivity contribution in [3.05, 3.63) is 21.9 Å². The lowest BCUT2D eigenvalue weighted by Crippen LogP contribution is -2.41. The molecule has 1 atom stereocenters. The second-order valence-electron chi connectivity index (χ2n) is 3.61. The molecule has 0 radical (unpaired) electrons. The van der Waals surface area contributed by atoms with Crippen LogP contribution in [0.5, 0.6) is 0 Å². The van der Waals surface area contributed by atoms with Gasteiger partial charge in [0.2, 0.25) is 0 Å². The third-order valence-electron chi connectivity index (χ3n) is 1.98. The maximum Gasteiger partial charge on any atom is 0.405 e. The first-order valence-corrected chi connectivity index (χ1v) is 5.77. The number of hydrogen-bond acceptors (Lipinski definition) is 2. The van der Waals surface area contributed by atoms with Gasteiger partial charge in [0.25, 0.3) is 0 Å². The number of alkyl halides is 3. The van der Waals surface area contributed by atoms with E-state index in [9.17, 15) is 18.0 Å². The Morgan fingerprint density at radius 3 is 2.59 bits per heavy atom. The second kappa shape index (κ2) is 5.39. The normalized spacial score (nSPS) is 13.2. The molecule has 1 rings (SSSR count). The van der Waals surface area contributed by atoms with E-state index in [1.54, 1.807) is 12.2 Å². The van der Waals surface area contributed by atoms with E-state index in [0.29, 0.717) is 0 Å².